The number of ketones is 1. The maximum absolute atomic E-state index is 13.2. The number of morpholine rings is 1. The Morgan fingerprint density at radius 1 is 1.06 bits per heavy atom. The zero-order valence-corrected chi connectivity index (χ0v) is 20.4. The largest absolute Gasteiger partial charge is 0.507 e. The van der Waals surface area contributed by atoms with Gasteiger partial charge in [-0.3, -0.25) is 14.5 Å². The zero-order valence-electron chi connectivity index (χ0n) is 20.4. The van der Waals surface area contributed by atoms with Crippen LogP contribution in [0.1, 0.15) is 31.0 Å². The number of methoxy groups -OCH3 is 1. The molecule has 0 bridgehead atoms. The standard InChI is InChI=1S/C27H32N2O6/c1-18(2)35-21-9-7-19(8-10-21)25(30)23-24(20-5-4-6-22(17-20)33-3)29(27(32)26(23)31)12-11-28-13-15-34-16-14-28/h4-10,17-18,24,30H,11-16H2,1-3H3/b25-23+. The van der Waals surface area contributed by atoms with E-state index in [1.165, 1.54) is 0 Å². The quantitative estimate of drug-likeness (QED) is 0.353. The van der Waals surface area contributed by atoms with E-state index in [4.69, 9.17) is 14.2 Å². The molecule has 186 valence electrons. The molecule has 2 aliphatic heterocycles. The summed E-state index contributed by atoms with van der Waals surface area (Å²) in [7, 11) is 1.56. The van der Waals surface area contributed by atoms with Crippen molar-refractivity contribution in [2.45, 2.75) is 26.0 Å². The van der Waals surface area contributed by atoms with Crippen molar-refractivity contribution in [3.63, 3.8) is 0 Å². The summed E-state index contributed by atoms with van der Waals surface area (Å²) in [4.78, 5) is 30.2. The van der Waals surface area contributed by atoms with E-state index in [1.54, 1.807) is 48.4 Å². The van der Waals surface area contributed by atoms with Gasteiger partial charge in [-0.25, -0.2) is 0 Å². The lowest BCUT2D eigenvalue weighted by atomic mass is 9.95. The molecule has 35 heavy (non-hydrogen) atoms. The molecule has 1 N–H and O–H groups in total. The van der Waals surface area contributed by atoms with Crippen LogP contribution in [0.15, 0.2) is 54.1 Å². The second-order valence-electron chi connectivity index (χ2n) is 8.91. The predicted molar refractivity (Wildman–Crippen MR) is 131 cm³/mol. The van der Waals surface area contributed by atoms with Gasteiger partial charge in [0.05, 0.1) is 38.0 Å². The average molecular weight is 481 g/mol. The van der Waals surface area contributed by atoms with Crippen LogP contribution in [0.25, 0.3) is 5.76 Å². The van der Waals surface area contributed by atoms with Gasteiger partial charge in [-0.15, -0.1) is 0 Å². The van der Waals surface area contributed by atoms with Gasteiger partial charge in [-0.05, 0) is 55.8 Å². The van der Waals surface area contributed by atoms with Gasteiger partial charge in [0.15, 0.2) is 0 Å². The van der Waals surface area contributed by atoms with Crippen LogP contribution in [-0.2, 0) is 14.3 Å². The summed E-state index contributed by atoms with van der Waals surface area (Å²) in [6.07, 6.45) is 0.0132. The first-order valence-corrected chi connectivity index (χ1v) is 11.9. The highest BCUT2D eigenvalue weighted by Gasteiger charge is 2.46. The Morgan fingerprint density at radius 3 is 2.43 bits per heavy atom. The molecule has 1 atom stereocenters. The number of benzene rings is 2. The molecule has 0 radical (unpaired) electrons. The summed E-state index contributed by atoms with van der Waals surface area (Å²) in [5.74, 6) is -0.253. The average Bonchev–Trinajstić information content (AvgIpc) is 3.12. The van der Waals surface area contributed by atoms with Crippen molar-refractivity contribution in [3.05, 3.63) is 65.2 Å². The van der Waals surface area contributed by atoms with Gasteiger partial charge in [-0.2, -0.15) is 0 Å². The van der Waals surface area contributed by atoms with E-state index in [0.717, 1.165) is 13.1 Å². The molecule has 2 aromatic carbocycles. The Morgan fingerprint density at radius 2 is 1.77 bits per heavy atom. The van der Waals surface area contributed by atoms with Gasteiger partial charge in [0.25, 0.3) is 11.7 Å². The second kappa shape index (κ2) is 10.9. The van der Waals surface area contributed by atoms with Crippen LogP contribution in [-0.4, -0.2) is 79.2 Å². The van der Waals surface area contributed by atoms with E-state index in [0.29, 0.717) is 48.9 Å². The summed E-state index contributed by atoms with van der Waals surface area (Å²) in [6.45, 7) is 7.67. The number of hydrogen-bond acceptors (Lipinski definition) is 7. The Balaban J connectivity index is 1.71. The number of aliphatic hydroxyl groups excluding tert-OH is 1. The smallest absolute Gasteiger partial charge is 0.295 e. The summed E-state index contributed by atoms with van der Waals surface area (Å²) >= 11 is 0. The van der Waals surface area contributed by atoms with Gasteiger partial charge >= 0.3 is 0 Å². The monoisotopic (exact) mass is 480 g/mol. The third kappa shape index (κ3) is 5.49. The van der Waals surface area contributed by atoms with Gasteiger partial charge in [-0.1, -0.05) is 12.1 Å². The van der Waals surface area contributed by atoms with Crippen LogP contribution in [0.4, 0.5) is 0 Å². The van der Waals surface area contributed by atoms with Crippen LogP contribution < -0.4 is 9.47 Å². The summed E-state index contributed by atoms with van der Waals surface area (Å²) in [6, 6.07) is 13.4. The van der Waals surface area contributed by atoms with E-state index < -0.39 is 17.7 Å². The third-order valence-corrected chi connectivity index (χ3v) is 6.21. The van der Waals surface area contributed by atoms with E-state index >= 15 is 0 Å². The van der Waals surface area contributed by atoms with Crippen molar-refractivity contribution in [1.29, 1.82) is 0 Å². The molecule has 0 saturated carbocycles. The number of Topliss-reactive ketones (excluding diaryl/α,β-unsaturated/α-hetero) is 1. The molecule has 4 rings (SSSR count). The molecule has 2 aromatic rings. The van der Waals surface area contributed by atoms with Crippen LogP contribution in [0.5, 0.6) is 11.5 Å². The van der Waals surface area contributed by atoms with Gasteiger partial charge in [0, 0.05) is 31.7 Å². The van der Waals surface area contributed by atoms with E-state index in [2.05, 4.69) is 4.90 Å². The lowest BCUT2D eigenvalue weighted by Gasteiger charge is -2.31. The fraction of sp³-hybridized carbons (Fsp3) is 0.407. The van der Waals surface area contributed by atoms with Crippen molar-refractivity contribution in [2.75, 3.05) is 46.5 Å². The van der Waals surface area contributed by atoms with Crippen LogP contribution in [0, 0.1) is 0 Å². The first kappa shape index (κ1) is 24.8. The molecule has 8 heteroatoms. The minimum absolute atomic E-state index is 0.0132. The first-order valence-electron chi connectivity index (χ1n) is 11.9. The molecule has 2 heterocycles. The van der Waals surface area contributed by atoms with Crippen LogP contribution in [0.3, 0.4) is 0 Å². The SMILES string of the molecule is COc1cccc(C2/C(=C(\O)c3ccc(OC(C)C)cc3)C(=O)C(=O)N2CCN2CCOCC2)c1. The fourth-order valence-corrected chi connectivity index (χ4v) is 4.46. The molecule has 0 aliphatic carbocycles. The summed E-state index contributed by atoms with van der Waals surface area (Å²) in [5, 5.41) is 11.3. The number of nitrogens with zero attached hydrogens (tertiary/aromatic N) is 2. The van der Waals surface area contributed by atoms with E-state index in [-0.39, 0.29) is 17.4 Å². The van der Waals surface area contributed by atoms with Crippen molar-refractivity contribution in [1.82, 2.24) is 9.80 Å². The number of hydrogen-bond donors (Lipinski definition) is 1. The lowest BCUT2D eigenvalue weighted by molar-refractivity contribution is -0.140. The number of ether oxygens (including phenoxy) is 3. The van der Waals surface area contributed by atoms with E-state index in [9.17, 15) is 14.7 Å². The molecule has 2 saturated heterocycles. The molecular weight excluding hydrogens is 448 g/mol. The highest BCUT2D eigenvalue weighted by molar-refractivity contribution is 6.46. The van der Waals surface area contributed by atoms with Gasteiger partial charge in [0.1, 0.15) is 17.3 Å². The van der Waals surface area contributed by atoms with Crippen LogP contribution in [0.2, 0.25) is 0 Å². The zero-order chi connectivity index (χ0) is 24.9. The van der Waals surface area contributed by atoms with Crippen molar-refractivity contribution < 1.29 is 28.9 Å². The molecule has 2 fully saturated rings. The Hall–Kier alpha value is -3.36. The van der Waals surface area contributed by atoms with Gasteiger partial charge in [0.2, 0.25) is 0 Å². The number of aliphatic hydroxyl groups is 1. The third-order valence-electron chi connectivity index (χ3n) is 6.21. The minimum Gasteiger partial charge on any atom is -0.507 e. The topological polar surface area (TPSA) is 88.5 Å². The summed E-state index contributed by atoms with van der Waals surface area (Å²) in [5.41, 5.74) is 1.22. The Labute approximate surface area is 205 Å². The lowest BCUT2D eigenvalue weighted by Crippen LogP contribution is -2.42. The highest BCUT2D eigenvalue weighted by atomic mass is 16.5. The molecular formula is C27H32N2O6. The van der Waals surface area contributed by atoms with Crippen molar-refractivity contribution in [2.24, 2.45) is 0 Å². The number of amides is 1. The summed E-state index contributed by atoms with van der Waals surface area (Å²) < 4.78 is 16.5. The number of likely N-dealkylation sites (tertiary alicyclic amines) is 1. The normalized spacial score (nSPS) is 20.5. The molecule has 1 unspecified atom stereocenters. The number of rotatable bonds is 8. The number of carbonyl (C=O) groups excluding carboxylic acids is 2. The van der Waals surface area contributed by atoms with Crippen molar-refractivity contribution >= 4 is 17.4 Å². The fourth-order valence-electron chi connectivity index (χ4n) is 4.46. The van der Waals surface area contributed by atoms with Crippen molar-refractivity contribution in [3.8, 4) is 11.5 Å². The molecule has 0 spiro atoms. The maximum atomic E-state index is 13.2. The van der Waals surface area contributed by atoms with Crippen LogP contribution >= 0.6 is 0 Å². The van der Waals surface area contributed by atoms with E-state index in [1.807, 2.05) is 26.0 Å². The molecule has 8 nitrogen and oxygen atoms in total. The predicted octanol–water partition coefficient (Wildman–Crippen LogP) is 3.24. The number of carbonyl (C=O) groups is 2. The highest BCUT2D eigenvalue weighted by Crippen LogP contribution is 2.40. The maximum Gasteiger partial charge on any atom is 0.295 e. The molecule has 0 aromatic heterocycles. The Kier molecular flexibility index (Phi) is 7.73. The first-order chi connectivity index (χ1) is 16.9. The second-order valence-corrected chi connectivity index (χ2v) is 8.91. The molecule has 1 amide bonds. The Bertz CT molecular complexity index is 1090. The molecule has 2 aliphatic rings. The minimum atomic E-state index is -0.724. The van der Waals surface area contributed by atoms with Gasteiger partial charge < -0.3 is 24.2 Å².